The van der Waals surface area contributed by atoms with Crippen LogP contribution in [-0.2, 0) is 22.6 Å². The summed E-state index contributed by atoms with van der Waals surface area (Å²) in [5.41, 5.74) is 5.35. The predicted octanol–water partition coefficient (Wildman–Crippen LogP) is 5.55. The van der Waals surface area contributed by atoms with Crippen molar-refractivity contribution in [2.24, 2.45) is 0 Å². The maximum absolute atomic E-state index is 13.7. The molecule has 0 aliphatic heterocycles. The van der Waals surface area contributed by atoms with Gasteiger partial charge in [-0.15, -0.1) is 0 Å². The first-order chi connectivity index (χ1) is 17.3. The number of aryl methyl sites for hydroxylation is 3. The molecule has 36 heavy (non-hydrogen) atoms. The van der Waals surface area contributed by atoms with E-state index >= 15 is 0 Å². The summed E-state index contributed by atoms with van der Waals surface area (Å²) in [6.07, 6.45) is 1.23. The van der Waals surface area contributed by atoms with Gasteiger partial charge in [-0.05, 0) is 68.5 Å². The Morgan fingerprint density at radius 3 is 2.28 bits per heavy atom. The van der Waals surface area contributed by atoms with E-state index in [-0.39, 0.29) is 24.5 Å². The zero-order valence-electron chi connectivity index (χ0n) is 22.1. The van der Waals surface area contributed by atoms with Gasteiger partial charge >= 0.3 is 0 Å². The number of nitrogens with zero attached hydrogens (tertiary/aromatic N) is 1. The van der Waals surface area contributed by atoms with Crippen LogP contribution in [0.4, 0.5) is 0 Å². The quantitative estimate of drug-likeness (QED) is 0.387. The monoisotopic (exact) mass is 486 g/mol. The smallest absolute Gasteiger partial charge is 0.261 e. The molecule has 1 N–H and O–H groups in total. The van der Waals surface area contributed by atoms with Gasteiger partial charge in [0.05, 0.1) is 0 Å². The Morgan fingerprint density at radius 2 is 1.61 bits per heavy atom. The van der Waals surface area contributed by atoms with E-state index < -0.39 is 6.04 Å². The lowest BCUT2D eigenvalue weighted by atomic mass is 10.0. The molecule has 0 aliphatic carbocycles. The average molecular weight is 487 g/mol. The molecule has 0 saturated carbocycles. The number of nitrogens with one attached hydrogen (secondary N) is 1. The number of rotatable bonds is 11. The molecule has 5 heteroatoms. The van der Waals surface area contributed by atoms with Gasteiger partial charge in [0.15, 0.2) is 6.61 Å². The summed E-state index contributed by atoms with van der Waals surface area (Å²) in [5, 5.41) is 3.10. The van der Waals surface area contributed by atoms with Gasteiger partial charge in [0.2, 0.25) is 5.91 Å². The van der Waals surface area contributed by atoms with Gasteiger partial charge in [-0.1, -0.05) is 73.2 Å². The molecule has 190 valence electrons. The highest BCUT2D eigenvalue weighted by Crippen LogP contribution is 2.19. The zero-order valence-corrected chi connectivity index (χ0v) is 22.1. The van der Waals surface area contributed by atoms with E-state index in [1.807, 2.05) is 101 Å². The van der Waals surface area contributed by atoms with Crippen LogP contribution in [0.1, 0.15) is 48.1 Å². The summed E-state index contributed by atoms with van der Waals surface area (Å²) < 4.78 is 5.91. The predicted molar refractivity (Wildman–Crippen MR) is 145 cm³/mol. The molecule has 2 amide bonds. The molecule has 0 aliphatic rings. The summed E-state index contributed by atoms with van der Waals surface area (Å²) in [7, 11) is 0. The normalized spacial score (nSPS) is 12.5. The first-order valence-corrected chi connectivity index (χ1v) is 12.7. The van der Waals surface area contributed by atoms with Crippen LogP contribution in [0.3, 0.4) is 0 Å². The van der Waals surface area contributed by atoms with Gasteiger partial charge in [-0.25, -0.2) is 0 Å². The number of benzene rings is 3. The van der Waals surface area contributed by atoms with Crippen molar-refractivity contribution in [2.75, 3.05) is 6.61 Å². The van der Waals surface area contributed by atoms with Gasteiger partial charge < -0.3 is 15.0 Å². The van der Waals surface area contributed by atoms with Crippen molar-refractivity contribution in [1.82, 2.24) is 10.2 Å². The largest absolute Gasteiger partial charge is 0.484 e. The fourth-order valence-corrected chi connectivity index (χ4v) is 4.03. The fraction of sp³-hybridized carbons (Fsp3) is 0.355. The Balaban J connectivity index is 1.91. The van der Waals surface area contributed by atoms with E-state index in [1.54, 1.807) is 4.90 Å². The molecule has 3 rings (SSSR count). The van der Waals surface area contributed by atoms with Crippen LogP contribution in [0.2, 0.25) is 0 Å². The Labute approximate surface area is 215 Å². The molecule has 0 radical (unpaired) electrons. The number of hydrogen-bond acceptors (Lipinski definition) is 3. The maximum atomic E-state index is 13.7. The number of carbonyl (C=O) groups excluding carboxylic acids is 2. The third-order valence-electron chi connectivity index (χ3n) is 6.55. The molecule has 0 aromatic heterocycles. The van der Waals surface area contributed by atoms with Crippen LogP contribution in [0.5, 0.6) is 5.75 Å². The third kappa shape index (κ3) is 7.70. The van der Waals surface area contributed by atoms with Crippen LogP contribution in [0.15, 0.2) is 72.8 Å². The first kappa shape index (κ1) is 27.0. The summed E-state index contributed by atoms with van der Waals surface area (Å²) in [5.74, 6) is 0.265. The topological polar surface area (TPSA) is 58.6 Å². The van der Waals surface area contributed by atoms with Gasteiger partial charge in [0, 0.05) is 19.0 Å². The first-order valence-electron chi connectivity index (χ1n) is 12.7. The standard InChI is InChI=1S/C31H38N2O3/c1-6-25(5)32-31(35)29(19-26-12-8-7-9-13-26)33(20-27-14-10-11-22(2)17-27)30(34)21-36-28-16-15-23(3)24(4)18-28/h7-18,25,29H,6,19-21H2,1-5H3,(H,32,35). The summed E-state index contributed by atoms with van der Waals surface area (Å²) in [4.78, 5) is 28.9. The fourth-order valence-electron chi connectivity index (χ4n) is 4.03. The number of carbonyl (C=O) groups is 2. The van der Waals surface area contributed by atoms with E-state index in [0.717, 1.165) is 28.7 Å². The third-order valence-corrected chi connectivity index (χ3v) is 6.55. The molecule has 0 fully saturated rings. The van der Waals surface area contributed by atoms with Crippen LogP contribution < -0.4 is 10.1 Å². The second-order valence-electron chi connectivity index (χ2n) is 9.57. The van der Waals surface area contributed by atoms with Crippen molar-refractivity contribution in [3.8, 4) is 5.75 Å². The van der Waals surface area contributed by atoms with Crippen molar-refractivity contribution in [2.45, 2.75) is 66.1 Å². The highest BCUT2D eigenvalue weighted by molar-refractivity contribution is 5.88. The maximum Gasteiger partial charge on any atom is 0.261 e. The molecule has 0 saturated heterocycles. The van der Waals surface area contributed by atoms with E-state index in [4.69, 9.17) is 4.74 Å². The van der Waals surface area contributed by atoms with Gasteiger partial charge in [0.25, 0.3) is 5.91 Å². The number of hydrogen-bond donors (Lipinski definition) is 1. The molecular weight excluding hydrogens is 448 g/mol. The molecule has 0 heterocycles. The zero-order chi connectivity index (χ0) is 26.1. The van der Waals surface area contributed by atoms with Crippen LogP contribution in [0.25, 0.3) is 0 Å². The molecule has 3 aromatic rings. The lowest BCUT2D eigenvalue weighted by Crippen LogP contribution is -2.53. The lowest BCUT2D eigenvalue weighted by molar-refractivity contribution is -0.143. The Hall–Kier alpha value is -3.60. The van der Waals surface area contributed by atoms with E-state index in [0.29, 0.717) is 18.7 Å². The summed E-state index contributed by atoms with van der Waals surface area (Å²) in [6, 6.07) is 23.0. The molecule has 3 aromatic carbocycles. The SMILES string of the molecule is CCC(C)NC(=O)C(Cc1ccccc1)N(Cc1cccc(C)c1)C(=O)COc1ccc(C)c(C)c1. The number of amides is 2. The Kier molecular flexibility index (Phi) is 9.69. The van der Waals surface area contributed by atoms with Crippen LogP contribution >= 0.6 is 0 Å². The summed E-state index contributed by atoms with van der Waals surface area (Å²) >= 11 is 0. The Bertz CT molecular complexity index is 1160. The van der Waals surface area contributed by atoms with E-state index in [1.165, 1.54) is 5.56 Å². The second kappa shape index (κ2) is 12.9. The Morgan fingerprint density at radius 1 is 0.889 bits per heavy atom. The molecular formula is C31H38N2O3. The minimum atomic E-state index is -0.669. The van der Waals surface area contributed by atoms with Crippen molar-refractivity contribution in [3.05, 3.63) is 101 Å². The number of ether oxygens (including phenoxy) is 1. The average Bonchev–Trinajstić information content (AvgIpc) is 2.87. The van der Waals surface area contributed by atoms with Crippen molar-refractivity contribution in [1.29, 1.82) is 0 Å². The van der Waals surface area contributed by atoms with E-state index in [2.05, 4.69) is 11.4 Å². The van der Waals surface area contributed by atoms with E-state index in [9.17, 15) is 9.59 Å². The highest BCUT2D eigenvalue weighted by Gasteiger charge is 2.31. The van der Waals surface area contributed by atoms with Crippen LogP contribution in [-0.4, -0.2) is 35.4 Å². The van der Waals surface area contributed by atoms with Crippen LogP contribution in [0, 0.1) is 20.8 Å². The molecule has 2 unspecified atom stereocenters. The van der Waals surface area contributed by atoms with Gasteiger partial charge in [-0.3, -0.25) is 9.59 Å². The van der Waals surface area contributed by atoms with Gasteiger partial charge in [0.1, 0.15) is 11.8 Å². The van der Waals surface area contributed by atoms with Gasteiger partial charge in [-0.2, -0.15) is 0 Å². The lowest BCUT2D eigenvalue weighted by Gasteiger charge is -2.32. The highest BCUT2D eigenvalue weighted by atomic mass is 16.5. The molecule has 0 spiro atoms. The minimum absolute atomic E-state index is 0.0125. The van der Waals surface area contributed by atoms with Crippen molar-refractivity contribution >= 4 is 11.8 Å². The molecule has 5 nitrogen and oxygen atoms in total. The minimum Gasteiger partial charge on any atom is -0.484 e. The van der Waals surface area contributed by atoms with Crippen molar-refractivity contribution < 1.29 is 14.3 Å². The molecule has 0 bridgehead atoms. The second-order valence-corrected chi connectivity index (χ2v) is 9.57. The molecule has 2 atom stereocenters. The summed E-state index contributed by atoms with van der Waals surface area (Å²) in [6.45, 7) is 10.3. The van der Waals surface area contributed by atoms with Crippen molar-refractivity contribution in [3.63, 3.8) is 0 Å².